The van der Waals surface area contributed by atoms with Crippen molar-refractivity contribution in [3.63, 3.8) is 0 Å². The lowest BCUT2D eigenvalue weighted by molar-refractivity contribution is 0.208. The molecule has 1 heterocycles. The molecule has 23 heavy (non-hydrogen) atoms. The summed E-state index contributed by atoms with van der Waals surface area (Å²) in [7, 11) is 5.30. The smallest absolute Gasteiger partial charge is 0.299 e. The van der Waals surface area contributed by atoms with Crippen LogP contribution in [0.25, 0.3) is 0 Å². The molecule has 3 rings (SSSR count). The Hall–Kier alpha value is -2.14. The summed E-state index contributed by atoms with van der Waals surface area (Å²) in [5.74, 6) is 0. The van der Waals surface area contributed by atoms with E-state index in [9.17, 15) is 9.59 Å². The van der Waals surface area contributed by atoms with Gasteiger partial charge in [-0.1, -0.05) is 24.3 Å². The summed E-state index contributed by atoms with van der Waals surface area (Å²) in [5, 5.41) is 0. The summed E-state index contributed by atoms with van der Waals surface area (Å²) in [6.07, 6.45) is 3.40. The van der Waals surface area contributed by atoms with Gasteiger partial charge in [0.15, 0.2) is 0 Å². The zero-order valence-electron chi connectivity index (χ0n) is 14.0. The second-order valence-corrected chi connectivity index (χ2v) is 6.40. The standard InChI is InChI=1S/C18H23N3O2/c1-19(12-14-11-17(22)21(3)18(23)20(14)2)16-10-6-8-13-7-4-5-9-15(13)16/h4-5,7,9,11,16H,6,8,10,12H2,1-3H3/t16-/m1/s1. The summed E-state index contributed by atoms with van der Waals surface area (Å²) >= 11 is 0. The molecule has 0 radical (unpaired) electrons. The van der Waals surface area contributed by atoms with Crippen LogP contribution in [0.4, 0.5) is 0 Å². The van der Waals surface area contributed by atoms with Gasteiger partial charge in [-0.05, 0) is 37.4 Å². The molecule has 0 saturated heterocycles. The molecule has 5 heteroatoms. The van der Waals surface area contributed by atoms with Crippen molar-refractivity contribution < 1.29 is 0 Å². The molecule has 1 aromatic heterocycles. The van der Waals surface area contributed by atoms with Crippen LogP contribution in [0.15, 0.2) is 39.9 Å². The fourth-order valence-electron chi connectivity index (χ4n) is 3.48. The van der Waals surface area contributed by atoms with E-state index in [1.54, 1.807) is 17.7 Å². The van der Waals surface area contributed by atoms with Crippen LogP contribution in [0.2, 0.25) is 0 Å². The Morgan fingerprint density at radius 2 is 1.91 bits per heavy atom. The van der Waals surface area contributed by atoms with Crippen molar-refractivity contribution in [3.8, 4) is 0 Å². The van der Waals surface area contributed by atoms with Crippen molar-refractivity contribution in [1.82, 2.24) is 14.0 Å². The van der Waals surface area contributed by atoms with Gasteiger partial charge in [0.25, 0.3) is 5.56 Å². The molecule has 122 valence electrons. The number of hydrogen-bond acceptors (Lipinski definition) is 3. The van der Waals surface area contributed by atoms with E-state index in [0.29, 0.717) is 12.6 Å². The molecule has 2 aromatic rings. The minimum atomic E-state index is -0.273. The van der Waals surface area contributed by atoms with E-state index in [1.807, 2.05) is 0 Å². The quantitative estimate of drug-likeness (QED) is 0.864. The highest BCUT2D eigenvalue weighted by molar-refractivity contribution is 5.32. The molecule has 0 saturated carbocycles. The summed E-state index contributed by atoms with van der Waals surface area (Å²) in [6.45, 7) is 0.584. The number of hydrogen-bond donors (Lipinski definition) is 0. The molecule has 1 aliphatic carbocycles. The van der Waals surface area contributed by atoms with Crippen molar-refractivity contribution >= 4 is 0 Å². The van der Waals surface area contributed by atoms with Gasteiger partial charge < -0.3 is 0 Å². The molecule has 1 atom stereocenters. The first-order valence-electron chi connectivity index (χ1n) is 8.03. The van der Waals surface area contributed by atoms with Crippen LogP contribution < -0.4 is 11.2 Å². The van der Waals surface area contributed by atoms with E-state index in [0.717, 1.165) is 23.1 Å². The van der Waals surface area contributed by atoms with E-state index in [-0.39, 0.29) is 11.2 Å². The summed E-state index contributed by atoms with van der Waals surface area (Å²) < 4.78 is 2.70. The number of aromatic nitrogens is 2. The molecule has 1 aliphatic rings. The second kappa shape index (κ2) is 6.16. The van der Waals surface area contributed by atoms with Crippen molar-refractivity contribution in [3.05, 3.63) is 68.0 Å². The first kappa shape index (κ1) is 15.7. The van der Waals surface area contributed by atoms with Crippen molar-refractivity contribution in [2.24, 2.45) is 14.1 Å². The van der Waals surface area contributed by atoms with Crippen LogP contribution in [-0.2, 0) is 27.1 Å². The monoisotopic (exact) mass is 313 g/mol. The molecule has 5 nitrogen and oxygen atoms in total. The maximum absolute atomic E-state index is 12.1. The van der Waals surface area contributed by atoms with E-state index >= 15 is 0 Å². The zero-order chi connectivity index (χ0) is 16.6. The average molecular weight is 313 g/mol. The van der Waals surface area contributed by atoms with Crippen molar-refractivity contribution in [2.45, 2.75) is 31.8 Å². The third-order valence-electron chi connectivity index (χ3n) is 4.91. The number of fused-ring (bicyclic) bond motifs is 1. The summed E-state index contributed by atoms with van der Waals surface area (Å²) in [6, 6.07) is 10.5. The highest BCUT2D eigenvalue weighted by atomic mass is 16.2. The van der Waals surface area contributed by atoms with Gasteiger partial charge >= 0.3 is 5.69 Å². The van der Waals surface area contributed by atoms with Crippen molar-refractivity contribution in [2.75, 3.05) is 7.05 Å². The predicted octanol–water partition coefficient (Wildman–Crippen LogP) is 1.59. The topological polar surface area (TPSA) is 47.2 Å². The predicted molar refractivity (Wildman–Crippen MR) is 90.5 cm³/mol. The van der Waals surface area contributed by atoms with Crippen LogP contribution >= 0.6 is 0 Å². The lowest BCUT2D eigenvalue weighted by Gasteiger charge is -2.33. The van der Waals surface area contributed by atoms with E-state index in [1.165, 1.54) is 24.6 Å². The van der Waals surface area contributed by atoms with E-state index in [2.05, 4.69) is 36.2 Å². The molecule has 1 aromatic carbocycles. The Balaban J connectivity index is 1.91. The number of benzene rings is 1. The molecular formula is C18H23N3O2. The highest BCUT2D eigenvalue weighted by Gasteiger charge is 2.24. The SMILES string of the molecule is CN(Cc1cc(=O)n(C)c(=O)n1C)[C@@H]1CCCc2ccccc21. The van der Waals surface area contributed by atoms with Gasteiger partial charge in [-0.3, -0.25) is 18.8 Å². The third kappa shape index (κ3) is 2.88. The van der Waals surface area contributed by atoms with Crippen LogP contribution in [0.5, 0.6) is 0 Å². The maximum atomic E-state index is 12.1. The molecular weight excluding hydrogens is 290 g/mol. The van der Waals surface area contributed by atoms with Gasteiger partial charge in [-0.2, -0.15) is 0 Å². The molecule has 0 amide bonds. The Kier molecular flexibility index (Phi) is 4.22. The molecule has 0 bridgehead atoms. The van der Waals surface area contributed by atoms with E-state index < -0.39 is 0 Å². The zero-order valence-corrected chi connectivity index (χ0v) is 14.0. The Morgan fingerprint density at radius 1 is 1.17 bits per heavy atom. The fraction of sp³-hybridized carbons (Fsp3) is 0.444. The summed E-state index contributed by atoms with van der Waals surface area (Å²) in [5.41, 5.74) is 3.01. The average Bonchev–Trinajstić information content (AvgIpc) is 2.57. The van der Waals surface area contributed by atoms with Crippen LogP contribution in [0, 0.1) is 0 Å². The fourth-order valence-corrected chi connectivity index (χ4v) is 3.48. The van der Waals surface area contributed by atoms with Crippen LogP contribution in [0.1, 0.15) is 35.7 Å². The number of rotatable bonds is 3. The molecule has 0 unspecified atom stereocenters. The van der Waals surface area contributed by atoms with Gasteiger partial charge in [0.1, 0.15) is 0 Å². The molecule has 0 N–H and O–H groups in total. The van der Waals surface area contributed by atoms with E-state index in [4.69, 9.17) is 0 Å². The summed E-state index contributed by atoms with van der Waals surface area (Å²) in [4.78, 5) is 26.2. The highest BCUT2D eigenvalue weighted by Crippen LogP contribution is 2.33. The Labute approximate surface area is 135 Å². The van der Waals surface area contributed by atoms with Gasteiger partial charge in [0.05, 0.1) is 0 Å². The first-order valence-corrected chi connectivity index (χ1v) is 8.03. The second-order valence-electron chi connectivity index (χ2n) is 6.40. The minimum Gasteiger partial charge on any atom is -0.299 e. The van der Waals surface area contributed by atoms with Crippen molar-refractivity contribution in [1.29, 1.82) is 0 Å². The maximum Gasteiger partial charge on any atom is 0.330 e. The number of nitrogens with zero attached hydrogens (tertiary/aromatic N) is 3. The van der Waals surface area contributed by atoms with Gasteiger partial charge in [0, 0.05) is 38.4 Å². The minimum absolute atomic E-state index is 0.249. The van der Waals surface area contributed by atoms with Gasteiger partial charge in [0.2, 0.25) is 0 Å². The molecule has 0 fully saturated rings. The lowest BCUT2D eigenvalue weighted by Crippen LogP contribution is -2.39. The van der Waals surface area contributed by atoms with Crippen LogP contribution in [-0.4, -0.2) is 21.1 Å². The lowest BCUT2D eigenvalue weighted by atomic mass is 9.87. The largest absolute Gasteiger partial charge is 0.330 e. The van der Waals surface area contributed by atoms with Crippen LogP contribution in [0.3, 0.4) is 0 Å². The molecule has 0 spiro atoms. The normalized spacial score (nSPS) is 17.3. The molecule has 0 aliphatic heterocycles. The third-order valence-corrected chi connectivity index (χ3v) is 4.91. The first-order chi connectivity index (χ1) is 11.0. The van der Waals surface area contributed by atoms with Gasteiger partial charge in [-0.25, -0.2) is 4.79 Å². The Bertz CT molecular complexity index is 835. The number of aryl methyl sites for hydroxylation is 1. The Morgan fingerprint density at radius 3 is 2.70 bits per heavy atom. The van der Waals surface area contributed by atoms with Gasteiger partial charge in [-0.15, -0.1) is 0 Å².